The molecule has 0 radical (unpaired) electrons. The Kier molecular flexibility index (Phi) is 9.76. The lowest BCUT2D eigenvalue weighted by atomic mass is 9.84. The molecule has 2 unspecified atom stereocenters. The zero-order valence-electron chi connectivity index (χ0n) is 13.7. The maximum atomic E-state index is 3.61. The molecule has 0 rings (SSSR count). The summed E-state index contributed by atoms with van der Waals surface area (Å²) in [5.41, 5.74) is 0.423. The molecule has 0 fully saturated rings. The van der Waals surface area contributed by atoms with Crippen molar-refractivity contribution >= 4 is 0 Å². The molecule has 1 N–H and O–H groups in total. The fourth-order valence-electron chi connectivity index (χ4n) is 2.77. The molecule has 18 heavy (non-hydrogen) atoms. The van der Waals surface area contributed by atoms with Crippen molar-refractivity contribution in [2.75, 3.05) is 33.2 Å². The lowest BCUT2D eigenvalue weighted by Crippen LogP contribution is -2.42. The van der Waals surface area contributed by atoms with Gasteiger partial charge in [-0.25, -0.2) is 0 Å². The highest BCUT2D eigenvalue weighted by atomic mass is 15.1. The predicted molar refractivity (Wildman–Crippen MR) is 83.1 cm³/mol. The van der Waals surface area contributed by atoms with E-state index in [1.165, 1.54) is 38.8 Å². The van der Waals surface area contributed by atoms with Crippen molar-refractivity contribution in [1.82, 2.24) is 10.2 Å². The van der Waals surface area contributed by atoms with Gasteiger partial charge in [0.15, 0.2) is 0 Å². The van der Waals surface area contributed by atoms with Crippen LogP contribution in [0.2, 0.25) is 0 Å². The number of hydrogen-bond donors (Lipinski definition) is 1. The van der Waals surface area contributed by atoms with Gasteiger partial charge in [-0.1, -0.05) is 47.5 Å². The number of hydrogen-bond acceptors (Lipinski definition) is 2. The first-order chi connectivity index (χ1) is 8.47. The van der Waals surface area contributed by atoms with Gasteiger partial charge in [-0.05, 0) is 37.8 Å². The third-order valence-electron chi connectivity index (χ3n) is 3.80. The van der Waals surface area contributed by atoms with Crippen LogP contribution in [0.15, 0.2) is 0 Å². The second kappa shape index (κ2) is 9.80. The summed E-state index contributed by atoms with van der Waals surface area (Å²) in [7, 11) is 2.28. The Morgan fingerprint density at radius 3 is 2.33 bits per heavy atom. The van der Waals surface area contributed by atoms with E-state index in [1.807, 2.05) is 0 Å². The Morgan fingerprint density at radius 2 is 1.83 bits per heavy atom. The molecule has 0 saturated heterocycles. The van der Waals surface area contributed by atoms with Crippen molar-refractivity contribution < 1.29 is 0 Å². The summed E-state index contributed by atoms with van der Waals surface area (Å²) in [6.45, 7) is 16.3. The zero-order valence-corrected chi connectivity index (χ0v) is 13.7. The standard InChI is InChI=1S/C16H36N2/c1-7-10-16(5,13-17-11-8-2)14-18(6)12-15(4)9-3/h15,17H,7-14H2,1-6H3. The van der Waals surface area contributed by atoms with E-state index in [9.17, 15) is 0 Å². The van der Waals surface area contributed by atoms with Crippen LogP contribution in [0.1, 0.15) is 60.3 Å². The van der Waals surface area contributed by atoms with E-state index < -0.39 is 0 Å². The van der Waals surface area contributed by atoms with Crippen LogP contribution in [0.3, 0.4) is 0 Å². The lowest BCUT2D eigenvalue weighted by molar-refractivity contribution is 0.158. The monoisotopic (exact) mass is 256 g/mol. The van der Waals surface area contributed by atoms with E-state index in [0.29, 0.717) is 5.41 Å². The number of rotatable bonds is 11. The van der Waals surface area contributed by atoms with E-state index in [0.717, 1.165) is 19.0 Å². The highest BCUT2D eigenvalue weighted by Crippen LogP contribution is 2.24. The molecule has 0 aliphatic rings. The summed E-state index contributed by atoms with van der Waals surface area (Å²) < 4.78 is 0. The van der Waals surface area contributed by atoms with Gasteiger partial charge in [0.2, 0.25) is 0 Å². The Bertz CT molecular complexity index is 194. The maximum absolute atomic E-state index is 3.61. The Morgan fingerprint density at radius 1 is 1.17 bits per heavy atom. The van der Waals surface area contributed by atoms with Crippen LogP contribution in [-0.2, 0) is 0 Å². The Hall–Kier alpha value is -0.0800. The van der Waals surface area contributed by atoms with Crippen molar-refractivity contribution in [3.63, 3.8) is 0 Å². The first-order valence-corrected chi connectivity index (χ1v) is 7.86. The summed E-state index contributed by atoms with van der Waals surface area (Å²) in [6.07, 6.45) is 5.10. The molecule has 0 aliphatic carbocycles. The van der Waals surface area contributed by atoms with Gasteiger partial charge in [0.25, 0.3) is 0 Å². The second-order valence-corrected chi connectivity index (χ2v) is 6.45. The van der Waals surface area contributed by atoms with Crippen molar-refractivity contribution in [1.29, 1.82) is 0 Å². The van der Waals surface area contributed by atoms with Crippen molar-refractivity contribution in [3.8, 4) is 0 Å². The van der Waals surface area contributed by atoms with E-state index in [4.69, 9.17) is 0 Å². The normalized spacial score (nSPS) is 16.8. The molecule has 0 bridgehead atoms. The quantitative estimate of drug-likeness (QED) is 0.566. The minimum atomic E-state index is 0.423. The summed E-state index contributed by atoms with van der Waals surface area (Å²) in [5.74, 6) is 0.810. The van der Waals surface area contributed by atoms with Gasteiger partial charge in [0.1, 0.15) is 0 Å². The summed E-state index contributed by atoms with van der Waals surface area (Å²) >= 11 is 0. The fraction of sp³-hybridized carbons (Fsp3) is 1.00. The second-order valence-electron chi connectivity index (χ2n) is 6.45. The molecule has 0 aromatic heterocycles. The van der Waals surface area contributed by atoms with Crippen LogP contribution in [0.4, 0.5) is 0 Å². The molecule has 0 aliphatic heterocycles. The summed E-state index contributed by atoms with van der Waals surface area (Å²) in [6, 6.07) is 0. The molecular formula is C16H36N2. The summed E-state index contributed by atoms with van der Waals surface area (Å²) in [5, 5.41) is 3.61. The van der Waals surface area contributed by atoms with Crippen molar-refractivity contribution in [2.24, 2.45) is 11.3 Å². The fourth-order valence-corrected chi connectivity index (χ4v) is 2.77. The Labute approximate surface area is 116 Å². The van der Waals surface area contributed by atoms with E-state index in [2.05, 4.69) is 51.9 Å². The Balaban J connectivity index is 4.21. The molecule has 2 nitrogen and oxygen atoms in total. The third-order valence-corrected chi connectivity index (χ3v) is 3.80. The van der Waals surface area contributed by atoms with Gasteiger partial charge in [-0.15, -0.1) is 0 Å². The van der Waals surface area contributed by atoms with Crippen LogP contribution in [0, 0.1) is 11.3 Å². The first kappa shape index (κ1) is 17.9. The van der Waals surface area contributed by atoms with Crippen LogP contribution in [-0.4, -0.2) is 38.1 Å². The van der Waals surface area contributed by atoms with Gasteiger partial charge in [-0.3, -0.25) is 0 Å². The predicted octanol–water partition coefficient (Wildman–Crippen LogP) is 3.77. The molecule has 0 aromatic rings. The van der Waals surface area contributed by atoms with Crippen molar-refractivity contribution in [3.05, 3.63) is 0 Å². The molecule has 2 heteroatoms. The number of nitrogens with zero attached hydrogens (tertiary/aromatic N) is 1. The zero-order chi connectivity index (χ0) is 14.0. The first-order valence-electron chi connectivity index (χ1n) is 7.86. The molecule has 0 aromatic carbocycles. The average Bonchev–Trinajstić information content (AvgIpc) is 2.29. The molecule has 0 heterocycles. The summed E-state index contributed by atoms with van der Waals surface area (Å²) in [4.78, 5) is 2.53. The molecule has 2 atom stereocenters. The van der Waals surface area contributed by atoms with Crippen LogP contribution >= 0.6 is 0 Å². The molecule has 0 spiro atoms. The van der Waals surface area contributed by atoms with Crippen LogP contribution in [0.25, 0.3) is 0 Å². The molecule has 0 amide bonds. The van der Waals surface area contributed by atoms with E-state index in [1.54, 1.807) is 0 Å². The van der Waals surface area contributed by atoms with E-state index in [-0.39, 0.29) is 0 Å². The maximum Gasteiger partial charge on any atom is 0.00445 e. The smallest absolute Gasteiger partial charge is 0.00445 e. The van der Waals surface area contributed by atoms with Gasteiger partial charge in [-0.2, -0.15) is 0 Å². The van der Waals surface area contributed by atoms with Crippen LogP contribution < -0.4 is 5.32 Å². The topological polar surface area (TPSA) is 15.3 Å². The number of nitrogens with one attached hydrogen (secondary N) is 1. The van der Waals surface area contributed by atoms with Gasteiger partial charge in [0, 0.05) is 19.6 Å². The van der Waals surface area contributed by atoms with Crippen molar-refractivity contribution in [2.45, 2.75) is 60.3 Å². The SMILES string of the molecule is CCCNCC(C)(CCC)CN(C)CC(C)CC. The van der Waals surface area contributed by atoms with Gasteiger partial charge in [0.05, 0.1) is 0 Å². The average molecular weight is 256 g/mol. The van der Waals surface area contributed by atoms with Gasteiger partial charge >= 0.3 is 0 Å². The highest BCUT2D eigenvalue weighted by molar-refractivity contribution is 4.80. The highest BCUT2D eigenvalue weighted by Gasteiger charge is 2.24. The lowest BCUT2D eigenvalue weighted by Gasteiger charge is -2.35. The third kappa shape index (κ3) is 8.10. The molecule has 0 saturated carbocycles. The van der Waals surface area contributed by atoms with Crippen LogP contribution in [0.5, 0.6) is 0 Å². The van der Waals surface area contributed by atoms with E-state index >= 15 is 0 Å². The largest absolute Gasteiger partial charge is 0.316 e. The molecule has 110 valence electrons. The molecular weight excluding hydrogens is 220 g/mol. The minimum Gasteiger partial charge on any atom is -0.316 e. The van der Waals surface area contributed by atoms with Gasteiger partial charge < -0.3 is 10.2 Å². The minimum absolute atomic E-state index is 0.423.